The number of para-hydroxylation sites is 1. The molecule has 0 spiro atoms. The molecule has 2 aromatic carbocycles. The molecule has 0 bridgehead atoms. The second-order valence-electron chi connectivity index (χ2n) is 4.11. The first-order valence-corrected chi connectivity index (χ1v) is 7.01. The van der Waals surface area contributed by atoms with Gasteiger partial charge in [-0.05, 0) is 41.2 Å². The Morgan fingerprint density at radius 2 is 1.81 bits per heavy atom. The molecular formula is C14H11N5OS. The molecule has 0 aliphatic rings. The summed E-state index contributed by atoms with van der Waals surface area (Å²) in [5.74, 6) is -0.156. The van der Waals surface area contributed by atoms with E-state index in [0.29, 0.717) is 16.4 Å². The minimum atomic E-state index is -0.156. The molecule has 0 saturated heterocycles. The van der Waals surface area contributed by atoms with Gasteiger partial charge in [0.15, 0.2) is 0 Å². The number of nitrogens with one attached hydrogen (secondary N) is 2. The fraction of sp³-hybridized carbons (Fsp3) is 0. The topological polar surface area (TPSA) is 83.6 Å². The van der Waals surface area contributed by atoms with Gasteiger partial charge in [-0.1, -0.05) is 30.3 Å². The summed E-state index contributed by atoms with van der Waals surface area (Å²) in [7, 11) is 0. The predicted molar refractivity (Wildman–Crippen MR) is 79.1 cm³/mol. The van der Waals surface area contributed by atoms with E-state index < -0.39 is 0 Å². The number of H-pyrrole nitrogens is 1. The molecule has 0 aliphatic carbocycles. The van der Waals surface area contributed by atoms with Crippen LogP contribution in [0.25, 0.3) is 0 Å². The lowest BCUT2D eigenvalue weighted by Gasteiger charge is -2.09. The summed E-state index contributed by atoms with van der Waals surface area (Å²) in [5.41, 5.74) is 1.32. The Morgan fingerprint density at radius 1 is 1.05 bits per heavy atom. The van der Waals surface area contributed by atoms with Crippen molar-refractivity contribution in [3.63, 3.8) is 0 Å². The largest absolute Gasteiger partial charge is 0.321 e. The number of anilines is 1. The maximum Gasteiger partial charge on any atom is 0.255 e. The average Bonchev–Trinajstić information content (AvgIpc) is 3.03. The number of aromatic nitrogens is 4. The van der Waals surface area contributed by atoms with Gasteiger partial charge < -0.3 is 5.32 Å². The van der Waals surface area contributed by atoms with Crippen LogP contribution in [0.3, 0.4) is 0 Å². The van der Waals surface area contributed by atoms with Crippen molar-refractivity contribution >= 4 is 23.4 Å². The molecule has 21 heavy (non-hydrogen) atoms. The highest BCUT2D eigenvalue weighted by atomic mass is 32.2. The zero-order valence-electron chi connectivity index (χ0n) is 10.9. The molecule has 0 saturated carbocycles. The van der Waals surface area contributed by atoms with Crippen molar-refractivity contribution in [2.45, 2.75) is 10.1 Å². The maximum atomic E-state index is 12.2. The fourth-order valence-electron chi connectivity index (χ4n) is 1.74. The maximum absolute atomic E-state index is 12.2. The number of hydrogen-bond donors (Lipinski definition) is 2. The molecule has 7 heteroatoms. The van der Waals surface area contributed by atoms with Gasteiger partial charge in [0, 0.05) is 10.5 Å². The number of carbonyl (C=O) groups excluding carboxylic acids is 1. The normalized spacial score (nSPS) is 10.3. The molecule has 0 unspecified atom stereocenters. The third-order valence-corrected chi connectivity index (χ3v) is 3.63. The first-order valence-electron chi connectivity index (χ1n) is 6.19. The molecule has 2 N–H and O–H groups in total. The van der Waals surface area contributed by atoms with E-state index in [0.717, 1.165) is 4.90 Å². The monoisotopic (exact) mass is 297 g/mol. The molecule has 104 valence electrons. The lowest BCUT2D eigenvalue weighted by molar-refractivity contribution is 0.102. The van der Waals surface area contributed by atoms with E-state index >= 15 is 0 Å². The van der Waals surface area contributed by atoms with Gasteiger partial charge >= 0.3 is 0 Å². The number of carbonyl (C=O) groups is 1. The number of tetrazole rings is 1. The Bertz CT molecular complexity index is 730. The van der Waals surface area contributed by atoms with Crippen LogP contribution in [-0.4, -0.2) is 26.5 Å². The van der Waals surface area contributed by atoms with Crippen LogP contribution in [0.2, 0.25) is 0 Å². The highest BCUT2D eigenvalue weighted by Crippen LogP contribution is 2.30. The second kappa shape index (κ2) is 6.19. The van der Waals surface area contributed by atoms with Gasteiger partial charge in [0.05, 0.1) is 5.69 Å². The van der Waals surface area contributed by atoms with Gasteiger partial charge in [-0.3, -0.25) is 4.79 Å². The summed E-state index contributed by atoms with van der Waals surface area (Å²) in [5, 5.41) is 17.1. The van der Waals surface area contributed by atoms with Gasteiger partial charge in [-0.25, -0.2) is 0 Å². The van der Waals surface area contributed by atoms with Crippen LogP contribution in [-0.2, 0) is 0 Å². The number of hydrogen-bond acceptors (Lipinski definition) is 5. The van der Waals surface area contributed by atoms with E-state index in [-0.39, 0.29) is 5.91 Å². The first-order chi connectivity index (χ1) is 10.3. The lowest BCUT2D eigenvalue weighted by Crippen LogP contribution is -2.12. The molecule has 0 fully saturated rings. The van der Waals surface area contributed by atoms with Crippen LogP contribution in [0.5, 0.6) is 0 Å². The zero-order valence-corrected chi connectivity index (χ0v) is 11.7. The number of amides is 1. The summed E-state index contributed by atoms with van der Waals surface area (Å²) in [6, 6.07) is 16.5. The standard InChI is InChI=1S/C14H11N5OS/c20-13(10-6-2-1-3-7-10)15-11-8-4-5-9-12(11)21-14-16-18-19-17-14/h1-9H,(H,15,20)(H,16,17,18,19). The fourth-order valence-corrected chi connectivity index (χ4v) is 2.48. The SMILES string of the molecule is O=C(Nc1ccccc1Sc1nn[nH]n1)c1ccccc1. The summed E-state index contributed by atoms with van der Waals surface area (Å²) in [6.07, 6.45) is 0. The van der Waals surface area contributed by atoms with Crippen molar-refractivity contribution in [2.24, 2.45) is 0 Å². The molecule has 6 nitrogen and oxygen atoms in total. The first kappa shape index (κ1) is 13.3. The van der Waals surface area contributed by atoms with E-state index in [1.165, 1.54) is 11.8 Å². The van der Waals surface area contributed by atoms with Crippen molar-refractivity contribution in [3.05, 3.63) is 60.2 Å². The third kappa shape index (κ3) is 3.26. The molecule has 1 amide bonds. The Morgan fingerprint density at radius 3 is 2.57 bits per heavy atom. The molecule has 0 atom stereocenters. The Hall–Kier alpha value is -2.67. The van der Waals surface area contributed by atoms with Crippen molar-refractivity contribution in [1.29, 1.82) is 0 Å². The number of aromatic amines is 1. The van der Waals surface area contributed by atoms with Gasteiger partial charge in [0.1, 0.15) is 0 Å². The van der Waals surface area contributed by atoms with Crippen LogP contribution >= 0.6 is 11.8 Å². The number of benzene rings is 2. The molecule has 1 aromatic heterocycles. The molecule has 0 radical (unpaired) electrons. The van der Waals surface area contributed by atoms with Crippen molar-refractivity contribution in [1.82, 2.24) is 20.6 Å². The van der Waals surface area contributed by atoms with E-state index in [4.69, 9.17) is 0 Å². The molecular weight excluding hydrogens is 286 g/mol. The zero-order chi connectivity index (χ0) is 14.5. The van der Waals surface area contributed by atoms with Crippen LogP contribution in [0.15, 0.2) is 64.6 Å². The van der Waals surface area contributed by atoms with E-state index in [1.807, 2.05) is 42.5 Å². The minimum absolute atomic E-state index is 0.156. The Kier molecular flexibility index (Phi) is 3.92. The predicted octanol–water partition coefficient (Wildman–Crippen LogP) is 2.60. The second-order valence-corrected chi connectivity index (χ2v) is 5.12. The molecule has 3 rings (SSSR count). The summed E-state index contributed by atoms with van der Waals surface area (Å²) in [4.78, 5) is 13.0. The number of rotatable bonds is 4. The van der Waals surface area contributed by atoms with E-state index in [9.17, 15) is 4.79 Å². The van der Waals surface area contributed by atoms with Crippen LogP contribution in [0.4, 0.5) is 5.69 Å². The van der Waals surface area contributed by atoms with E-state index in [1.54, 1.807) is 12.1 Å². The lowest BCUT2D eigenvalue weighted by atomic mass is 10.2. The average molecular weight is 297 g/mol. The summed E-state index contributed by atoms with van der Waals surface area (Å²) < 4.78 is 0. The van der Waals surface area contributed by atoms with Crippen LogP contribution in [0.1, 0.15) is 10.4 Å². The third-order valence-electron chi connectivity index (χ3n) is 2.70. The number of nitrogens with zero attached hydrogens (tertiary/aromatic N) is 3. The molecule has 0 aliphatic heterocycles. The minimum Gasteiger partial charge on any atom is -0.321 e. The van der Waals surface area contributed by atoms with Gasteiger partial charge in [0.2, 0.25) is 5.16 Å². The van der Waals surface area contributed by atoms with Crippen molar-refractivity contribution in [2.75, 3.05) is 5.32 Å². The summed E-state index contributed by atoms with van der Waals surface area (Å²) in [6.45, 7) is 0. The summed E-state index contributed by atoms with van der Waals surface area (Å²) >= 11 is 1.33. The quantitative estimate of drug-likeness (QED) is 0.773. The smallest absolute Gasteiger partial charge is 0.255 e. The Labute approximate surface area is 125 Å². The van der Waals surface area contributed by atoms with Crippen molar-refractivity contribution < 1.29 is 4.79 Å². The van der Waals surface area contributed by atoms with Gasteiger partial charge in [0.25, 0.3) is 5.91 Å². The van der Waals surface area contributed by atoms with Gasteiger partial charge in [-0.2, -0.15) is 5.21 Å². The van der Waals surface area contributed by atoms with Crippen LogP contribution in [0, 0.1) is 0 Å². The van der Waals surface area contributed by atoms with Gasteiger partial charge in [-0.15, -0.1) is 10.2 Å². The Balaban J connectivity index is 1.81. The molecule has 1 heterocycles. The van der Waals surface area contributed by atoms with E-state index in [2.05, 4.69) is 25.9 Å². The highest BCUT2D eigenvalue weighted by molar-refractivity contribution is 7.99. The highest BCUT2D eigenvalue weighted by Gasteiger charge is 2.10. The van der Waals surface area contributed by atoms with Crippen LogP contribution < -0.4 is 5.32 Å². The van der Waals surface area contributed by atoms with Crippen molar-refractivity contribution in [3.8, 4) is 0 Å². The molecule has 3 aromatic rings.